The third-order valence-corrected chi connectivity index (χ3v) is 10.2. The molecule has 3 nitrogen and oxygen atoms in total. The highest BCUT2D eigenvalue weighted by atomic mass is 32.2. The van der Waals surface area contributed by atoms with E-state index in [9.17, 15) is 0 Å². The van der Waals surface area contributed by atoms with Crippen LogP contribution >= 0.6 is 11.8 Å². The summed E-state index contributed by atoms with van der Waals surface area (Å²) < 4.78 is 19.5. The van der Waals surface area contributed by atoms with Crippen LogP contribution in [0.1, 0.15) is 0 Å². The molecule has 0 amide bonds. The second-order valence-corrected chi connectivity index (χ2v) is 12.2. The zero-order chi connectivity index (χ0) is 27.4. The number of benzene rings is 6. The predicted molar refractivity (Wildman–Crippen MR) is 171 cm³/mol. The van der Waals surface area contributed by atoms with Gasteiger partial charge in [-0.05, 0) is 63.8 Å². The molecule has 10 rings (SSSR count). The van der Waals surface area contributed by atoms with E-state index < -0.39 is 0 Å². The highest BCUT2D eigenvalue weighted by molar-refractivity contribution is 8.00. The Kier molecular flexibility index (Phi) is 4.55. The van der Waals surface area contributed by atoms with Crippen molar-refractivity contribution in [3.8, 4) is 45.6 Å². The molecule has 6 aromatic carbocycles. The average molecular weight is 554 g/mol. The molecule has 0 atom stereocenters. The lowest BCUT2D eigenvalue weighted by molar-refractivity contribution is 0.465. The average Bonchev–Trinajstić information content (AvgIpc) is 3.04. The quantitative estimate of drug-likeness (QED) is 0.262. The monoisotopic (exact) mass is 554 g/mol. The predicted octanol–water partition coefficient (Wildman–Crippen LogP) is 5.17. The topological polar surface area (TPSA) is 27.7 Å². The van der Waals surface area contributed by atoms with Crippen LogP contribution in [0.25, 0.3) is 11.1 Å². The van der Waals surface area contributed by atoms with Crippen LogP contribution in [0, 0.1) is 0 Å². The molecule has 0 saturated heterocycles. The Balaban J connectivity index is 1.21. The summed E-state index contributed by atoms with van der Waals surface area (Å²) in [5.41, 5.74) is 9.52. The van der Waals surface area contributed by atoms with Crippen LogP contribution in [-0.4, -0.2) is 13.4 Å². The zero-order valence-corrected chi connectivity index (χ0v) is 23.2. The number of para-hydroxylation sites is 3. The molecule has 4 heterocycles. The van der Waals surface area contributed by atoms with E-state index in [1.54, 1.807) is 0 Å². The molecule has 4 aliphatic rings. The molecule has 0 radical (unpaired) electrons. The van der Waals surface area contributed by atoms with Gasteiger partial charge in [0.15, 0.2) is 0 Å². The fraction of sp³-hybridized carbons (Fsp3) is 0. The van der Waals surface area contributed by atoms with Crippen molar-refractivity contribution in [1.29, 1.82) is 0 Å². The number of hydrogen-bond donors (Lipinski definition) is 0. The van der Waals surface area contributed by atoms with Crippen LogP contribution in [0.15, 0.2) is 131 Å². The maximum atomic E-state index is 6.82. The lowest BCUT2D eigenvalue weighted by Crippen LogP contribution is -2.58. The Labute approximate surface area is 248 Å². The Morgan fingerprint density at radius 2 is 0.929 bits per heavy atom. The Bertz CT molecular complexity index is 1990. The lowest BCUT2D eigenvalue weighted by Gasteiger charge is -2.35. The van der Waals surface area contributed by atoms with Crippen molar-refractivity contribution in [2.75, 3.05) is 0 Å². The number of ether oxygens (including phenoxy) is 3. The largest absolute Gasteiger partial charge is 0.458 e. The van der Waals surface area contributed by atoms with Gasteiger partial charge < -0.3 is 14.2 Å². The highest BCUT2D eigenvalue weighted by Crippen LogP contribution is 2.44. The SMILES string of the molecule is c1ccc2c(c1)Oc1cccc3c1B2c1cccc(-c2cccc4c2Sc2cccc5c2B4c2ccccc2O5)c1O3. The van der Waals surface area contributed by atoms with E-state index in [1.165, 1.54) is 42.7 Å². The van der Waals surface area contributed by atoms with E-state index >= 15 is 0 Å². The Morgan fingerprint density at radius 3 is 1.69 bits per heavy atom. The van der Waals surface area contributed by atoms with Crippen LogP contribution in [0.4, 0.5) is 0 Å². The minimum atomic E-state index is 0.0442. The minimum absolute atomic E-state index is 0.0442. The van der Waals surface area contributed by atoms with Crippen molar-refractivity contribution in [3.63, 3.8) is 0 Å². The molecule has 6 heteroatoms. The first-order valence-electron chi connectivity index (χ1n) is 14.2. The van der Waals surface area contributed by atoms with Crippen molar-refractivity contribution in [1.82, 2.24) is 0 Å². The van der Waals surface area contributed by atoms with E-state index in [0.717, 1.165) is 45.5 Å². The third kappa shape index (κ3) is 3.00. The van der Waals surface area contributed by atoms with Gasteiger partial charge in [0, 0.05) is 20.8 Å². The van der Waals surface area contributed by atoms with E-state index in [0.29, 0.717) is 0 Å². The number of fused-ring (bicyclic) bond motifs is 8. The van der Waals surface area contributed by atoms with Gasteiger partial charge in [-0.25, -0.2) is 0 Å². The maximum absolute atomic E-state index is 6.82. The van der Waals surface area contributed by atoms with Crippen molar-refractivity contribution in [3.05, 3.63) is 121 Å². The first kappa shape index (κ1) is 22.8. The van der Waals surface area contributed by atoms with E-state index in [4.69, 9.17) is 14.2 Å². The second-order valence-electron chi connectivity index (χ2n) is 11.1. The van der Waals surface area contributed by atoms with Crippen molar-refractivity contribution in [2.45, 2.75) is 9.79 Å². The van der Waals surface area contributed by atoms with Crippen molar-refractivity contribution in [2.24, 2.45) is 0 Å². The van der Waals surface area contributed by atoms with Gasteiger partial charge in [0.25, 0.3) is 13.4 Å². The summed E-state index contributed by atoms with van der Waals surface area (Å²) in [6.45, 7) is 0.158. The first-order chi connectivity index (χ1) is 20.8. The van der Waals surface area contributed by atoms with Crippen molar-refractivity contribution < 1.29 is 14.2 Å². The normalized spacial score (nSPS) is 14.1. The molecule has 194 valence electrons. The van der Waals surface area contributed by atoms with E-state index in [1.807, 2.05) is 36.0 Å². The molecule has 42 heavy (non-hydrogen) atoms. The number of rotatable bonds is 1. The van der Waals surface area contributed by atoms with Gasteiger partial charge in [-0.3, -0.25) is 0 Å². The first-order valence-corrected chi connectivity index (χ1v) is 15.1. The summed E-state index contributed by atoms with van der Waals surface area (Å²) in [5.74, 6) is 5.43. The highest BCUT2D eigenvalue weighted by Gasteiger charge is 2.42. The zero-order valence-electron chi connectivity index (χ0n) is 22.3. The molecule has 0 aliphatic carbocycles. The van der Waals surface area contributed by atoms with E-state index in [2.05, 4.69) is 97.1 Å². The summed E-state index contributed by atoms with van der Waals surface area (Å²) in [4.78, 5) is 2.51. The fourth-order valence-electron chi connectivity index (χ4n) is 7.23. The molecule has 6 aromatic rings. The fourth-order valence-corrected chi connectivity index (χ4v) is 8.51. The third-order valence-electron chi connectivity index (χ3n) is 8.96. The molecular formula is C36H20B2O3S. The molecule has 4 aliphatic heterocycles. The van der Waals surface area contributed by atoms with Crippen molar-refractivity contribution >= 4 is 58.0 Å². The van der Waals surface area contributed by atoms with E-state index in [-0.39, 0.29) is 13.4 Å². The molecule has 0 spiro atoms. The molecule has 0 aromatic heterocycles. The molecular weight excluding hydrogens is 534 g/mol. The summed E-state index contributed by atoms with van der Waals surface area (Å²) in [6, 6.07) is 42.7. The van der Waals surface area contributed by atoms with Gasteiger partial charge >= 0.3 is 0 Å². The summed E-state index contributed by atoms with van der Waals surface area (Å²) in [7, 11) is 0. The molecule has 0 N–H and O–H groups in total. The smallest absolute Gasteiger partial charge is 0.260 e. The van der Waals surface area contributed by atoms with Crippen LogP contribution < -0.4 is 47.0 Å². The van der Waals surface area contributed by atoms with Crippen LogP contribution in [0.5, 0.6) is 34.5 Å². The van der Waals surface area contributed by atoms with Gasteiger partial charge in [-0.2, -0.15) is 0 Å². The van der Waals surface area contributed by atoms with Crippen LogP contribution in [0.3, 0.4) is 0 Å². The Morgan fingerprint density at radius 1 is 0.405 bits per heavy atom. The summed E-state index contributed by atoms with van der Waals surface area (Å²) in [5, 5.41) is 0. The van der Waals surface area contributed by atoms with Gasteiger partial charge in [0.1, 0.15) is 34.5 Å². The molecule has 0 unspecified atom stereocenters. The maximum Gasteiger partial charge on any atom is 0.260 e. The lowest BCUT2D eigenvalue weighted by atomic mass is 9.34. The van der Waals surface area contributed by atoms with Gasteiger partial charge in [0.05, 0.1) is 0 Å². The van der Waals surface area contributed by atoms with Crippen LogP contribution in [0.2, 0.25) is 0 Å². The van der Waals surface area contributed by atoms with Gasteiger partial charge in [-0.15, -0.1) is 0 Å². The summed E-state index contributed by atoms with van der Waals surface area (Å²) >= 11 is 1.84. The second kappa shape index (κ2) is 8.37. The molecule has 0 fully saturated rings. The van der Waals surface area contributed by atoms with Crippen LogP contribution in [-0.2, 0) is 0 Å². The van der Waals surface area contributed by atoms with Gasteiger partial charge in [0.2, 0.25) is 0 Å². The molecule has 0 saturated carbocycles. The standard InChI is InChI=1S/C36H20B2O3S/c1-3-15-27-23(11-1)37-25-13-5-9-21(35(25)41-30-18-7-17-29(39-27)33(30)37)22-10-6-14-26-36(22)42-32-20-8-19-31-34(32)38(26)24-12-2-4-16-28(24)40-31/h1-20H. The number of hydrogen-bond acceptors (Lipinski definition) is 4. The minimum Gasteiger partial charge on any atom is -0.458 e. The summed E-state index contributed by atoms with van der Waals surface area (Å²) in [6.07, 6.45) is 0. The van der Waals surface area contributed by atoms with Gasteiger partial charge in [-0.1, -0.05) is 102 Å². The Hall–Kier alpha value is -4.80. The molecule has 0 bridgehead atoms.